The van der Waals surface area contributed by atoms with Gasteiger partial charge in [-0.25, -0.2) is 0 Å². The molecule has 1 fully saturated rings. The van der Waals surface area contributed by atoms with E-state index in [1.807, 2.05) is 6.07 Å². The molecule has 2 bridgehead atoms. The molecule has 2 aliphatic rings. The van der Waals surface area contributed by atoms with Crippen LogP contribution in [0.3, 0.4) is 0 Å². The fraction of sp³-hybridized carbons (Fsp3) is 0.267. The van der Waals surface area contributed by atoms with Gasteiger partial charge in [0.1, 0.15) is 5.70 Å². The lowest BCUT2D eigenvalue weighted by Crippen LogP contribution is -2.50. The molecule has 0 saturated carbocycles. The fourth-order valence-corrected chi connectivity index (χ4v) is 6.22. The van der Waals surface area contributed by atoms with Gasteiger partial charge in [-0.2, -0.15) is 0 Å². The van der Waals surface area contributed by atoms with Crippen molar-refractivity contribution in [1.82, 2.24) is 14.8 Å². The summed E-state index contributed by atoms with van der Waals surface area (Å²) < 4.78 is 13.8. The number of likely N-dealkylation sites (tertiary alicyclic amines) is 1. The average molecular weight is 685 g/mol. The van der Waals surface area contributed by atoms with Crippen LogP contribution in [0.4, 0.5) is 0 Å². The van der Waals surface area contributed by atoms with Crippen LogP contribution in [0.2, 0.25) is 0 Å². The maximum atomic E-state index is 14.0. The quantitative estimate of drug-likeness (QED) is 0.229. The first-order valence-electron chi connectivity index (χ1n) is 13.0. The van der Waals surface area contributed by atoms with Gasteiger partial charge in [-0.1, -0.05) is 22.0 Å². The second kappa shape index (κ2) is 12.0. The second-order valence-corrected chi connectivity index (χ2v) is 11.8. The number of aromatic nitrogens is 1. The van der Waals surface area contributed by atoms with Crippen LogP contribution in [0.5, 0.6) is 11.5 Å². The number of carbonyl (C=O) groups is 3. The summed E-state index contributed by atoms with van der Waals surface area (Å²) in [5.41, 5.74) is 1.90. The summed E-state index contributed by atoms with van der Waals surface area (Å²) in [6, 6.07) is 15.4. The van der Waals surface area contributed by atoms with Crippen LogP contribution < -0.4 is 20.3 Å². The summed E-state index contributed by atoms with van der Waals surface area (Å²) in [6.45, 7) is 2.71. The predicted octanol–water partition coefficient (Wildman–Crippen LogP) is 4.72. The highest BCUT2D eigenvalue weighted by atomic mass is 79.9. The molecule has 1 saturated heterocycles. The number of ether oxygens (including phenoxy) is 2. The van der Waals surface area contributed by atoms with Gasteiger partial charge in [-0.05, 0) is 82.4 Å². The molecule has 2 atom stereocenters. The number of methoxy groups -OCH3 is 1. The normalized spacial score (nSPS) is 17.9. The van der Waals surface area contributed by atoms with E-state index in [2.05, 4.69) is 37.2 Å². The van der Waals surface area contributed by atoms with Gasteiger partial charge in [0.05, 0.1) is 11.6 Å². The van der Waals surface area contributed by atoms with Crippen molar-refractivity contribution >= 4 is 55.7 Å². The lowest BCUT2D eigenvalue weighted by Gasteiger charge is -2.43. The van der Waals surface area contributed by atoms with Gasteiger partial charge in [0.15, 0.2) is 11.5 Å². The molecule has 1 N–H and O–H groups in total. The molecular formula is C30H27Br2N3O6. The number of halogens is 2. The van der Waals surface area contributed by atoms with Crippen LogP contribution in [0, 0.1) is 5.92 Å². The van der Waals surface area contributed by atoms with E-state index in [0.29, 0.717) is 35.2 Å². The zero-order chi connectivity index (χ0) is 29.3. The van der Waals surface area contributed by atoms with E-state index >= 15 is 0 Å². The molecule has 2 aliphatic heterocycles. The monoisotopic (exact) mass is 683 g/mol. The Balaban J connectivity index is 1.50. The summed E-state index contributed by atoms with van der Waals surface area (Å²) in [5, 5.41) is 2.82. The Labute approximate surface area is 253 Å². The highest BCUT2D eigenvalue weighted by Gasteiger charge is 2.37. The smallest absolute Gasteiger partial charge is 0.308 e. The number of piperidine rings is 1. The van der Waals surface area contributed by atoms with Crippen LogP contribution in [0.15, 0.2) is 74.0 Å². The summed E-state index contributed by atoms with van der Waals surface area (Å²) in [6.07, 6.45) is 2.46. The molecule has 1 aromatic heterocycles. The molecular weight excluding hydrogens is 658 g/mol. The molecule has 212 valence electrons. The van der Waals surface area contributed by atoms with E-state index in [-0.39, 0.29) is 40.5 Å². The first kappa shape index (κ1) is 28.8. The number of rotatable bonds is 6. The Morgan fingerprint density at radius 1 is 1.02 bits per heavy atom. The van der Waals surface area contributed by atoms with Crippen molar-refractivity contribution in [2.45, 2.75) is 25.8 Å². The molecule has 0 aliphatic carbocycles. The van der Waals surface area contributed by atoms with Crippen LogP contribution >= 0.6 is 31.9 Å². The highest BCUT2D eigenvalue weighted by molar-refractivity contribution is 9.10. The van der Waals surface area contributed by atoms with E-state index in [1.165, 1.54) is 14.0 Å². The van der Waals surface area contributed by atoms with Gasteiger partial charge in [0, 0.05) is 54.3 Å². The third kappa shape index (κ3) is 6.31. The molecule has 2 amide bonds. The van der Waals surface area contributed by atoms with Crippen molar-refractivity contribution in [2.75, 3.05) is 20.2 Å². The number of hydrogen-bond acceptors (Lipinski definition) is 6. The van der Waals surface area contributed by atoms with Crippen LogP contribution in [-0.4, -0.2) is 47.4 Å². The number of amides is 2. The maximum Gasteiger partial charge on any atom is 0.308 e. The van der Waals surface area contributed by atoms with Gasteiger partial charge in [0.25, 0.3) is 17.4 Å². The molecule has 41 heavy (non-hydrogen) atoms. The van der Waals surface area contributed by atoms with E-state index < -0.39 is 11.9 Å². The Morgan fingerprint density at radius 2 is 1.78 bits per heavy atom. The predicted molar refractivity (Wildman–Crippen MR) is 160 cm³/mol. The molecule has 2 unspecified atom stereocenters. The van der Waals surface area contributed by atoms with Gasteiger partial charge >= 0.3 is 5.97 Å². The Bertz CT molecular complexity index is 1620. The number of hydrogen-bond donors (Lipinski definition) is 1. The SMILES string of the molecule is COc1cc(C=C(NC(=O)c2ccc(Br)cc2)C(=O)N2CC3CC(C2)c2cccc(=O)n2C3)cc(Br)c1OC(C)=O. The minimum atomic E-state index is -0.510. The third-order valence-electron chi connectivity index (χ3n) is 7.16. The van der Waals surface area contributed by atoms with E-state index in [4.69, 9.17) is 9.47 Å². The molecule has 2 aromatic carbocycles. The first-order valence-corrected chi connectivity index (χ1v) is 14.5. The van der Waals surface area contributed by atoms with Gasteiger partial charge in [-0.15, -0.1) is 0 Å². The van der Waals surface area contributed by atoms with Crippen LogP contribution in [0.25, 0.3) is 6.08 Å². The molecule has 0 radical (unpaired) electrons. The minimum absolute atomic E-state index is 0.0148. The largest absolute Gasteiger partial charge is 0.493 e. The van der Waals surface area contributed by atoms with Gasteiger partial charge < -0.3 is 24.3 Å². The lowest BCUT2D eigenvalue weighted by atomic mass is 9.83. The second-order valence-electron chi connectivity index (χ2n) is 10.1. The molecule has 5 rings (SSSR count). The molecule has 3 aromatic rings. The third-order valence-corrected chi connectivity index (χ3v) is 8.28. The molecule has 0 spiro atoms. The summed E-state index contributed by atoms with van der Waals surface area (Å²) in [7, 11) is 1.44. The zero-order valence-electron chi connectivity index (χ0n) is 22.4. The van der Waals surface area contributed by atoms with Crippen molar-refractivity contribution in [3.63, 3.8) is 0 Å². The van der Waals surface area contributed by atoms with Gasteiger partial charge in [0.2, 0.25) is 0 Å². The lowest BCUT2D eigenvalue weighted by molar-refractivity contribution is -0.132. The molecule has 3 heterocycles. The standard InChI is InChI=1S/C30H27Br2N3O6/c1-17(36)41-28-23(32)11-18(13-26(28)40-2)12-24(33-29(38)20-6-8-22(31)9-7-20)30(39)34-14-19-10-21(16-34)25-4-3-5-27(37)35(25)15-19/h3-9,11-13,19,21H,10,14-16H2,1-2H3,(H,33,38). The number of nitrogens with one attached hydrogen (secondary N) is 1. The van der Waals surface area contributed by atoms with Crippen LogP contribution in [-0.2, 0) is 16.1 Å². The average Bonchev–Trinajstić information content (AvgIpc) is 2.94. The van der Waals surface area contributed by atoms with Crippen molar-refractivity contribution in [3.05, 3.63) is 96.4 Å². The number of benzene rings is 2. The van der Waals surface area contributed by atoms with Crippen molar-refractivity contribution in [1.29, 1.82) is 0 Å². The van der Waals surface area contributed by atoms with Crippen molar-refractivity contribution in [3.8, 4) is 11.5 Å². The van der Waals surface area contributed by atoms with E-state index in [9.17, 15) is 19.2 Å². The Morgan fingerprint density at radius 3 is 2.49 bits per heavy atom. The Kier molecular flexibility index (Phi) is 8.46. The van der Waals surface area contributed by atoms with Crippen molar-refractivity contribution < 1.29 is 23.9 Å². The molecule has 9 nitrogen and oxygen atoms in total. The number of carbonyl (C=O) groups excluding carboxylic acids is 3. The number of fused-ring (bicyclic) bond motifs is 4. The van der Waals surface area contributed by atoms with E-state index in [0.717, 1.165) is 16.6 Å². The van der Waals surface area contributed by atoms with Crippen molar-refractivity contribution in [2.24, 2.45) is 5.92 Å². The Hall–Kier alpha value is -3.70. The first-order chi connectivity index (χ1) is 19.6. The van der Waals surface area contributed by atoms with Gasteiger partial charge in [-0.3, -0.25) is 19.2 Å². The summed E-state index contributed by atoms with van der Waals surface area (Å²) in [4.78, 5) is 53.1. The maximum absolute atomic E-state index is 14.0. The van der Waals surface area contributed by atoms with E-state index in [1.54, 1.807) is 64.1 Å². The molecule has 11 heteroatoms. The number of pyridine rings is 1. The highest BCUT2D eigenvalue weighted by Crippen LogP contribution is 2.38. The minimum Gasteiger partial charge on any atom is -0.493 e. The van der Waals surface area contributed by atoms with Crippen LogP contribution in [0.1, 0.15) is 40.9 Å². The topological polar surface area (TPSA) is 107 Å². The zero-order valence-corrected chi connectivity index (χ0v) is 25.5. The number of esters is 1. The fourth-order valence-electron chi connectivity index (χ4n) is 5.41. The summed E-state index contributed by atoms with van der Waals surface area (Å²) >= 11 is 6.79. The summed E-state index contributed by atoms with van der Waals surface area (Å²) in [5.74, 6) is -0.663. The number of nitrogens with zero attached hydrogens (tertiary/aromatic N) is 2.